The van der Waals surface area contributed by atoms with E-state index in [0.29, 0.717) is 16.7 Å². The minimum Gasteiger partial charge on any atom is -0.377 e. The highest BCUT2D eigenvalue weighted by molar-refractivity contribution is 9.10. The van der Waals surface area contributed by atoms with Crippen LogP contribution in [0.1, 0.15) is 5.56 Å². The number of pyridine rings is 2. The molecule has 0 fully saturated rings. The molecule has 2 N–H and O–H groups in total. The van der Waals surface area contributed by atoms with Crippen LogP contribution in [0.5, 0.6) is 0 Å². The van der Waals surface area contributed by atoms with Gasteiger partial charge in [0.2, 0.25) is 5.43 Å². The normalized spacial score (nSPS) is 10.1. The third kappa shape index (κ3) is 2.49. The third-order valence-corrected chi connectivity index (χ3v) is 2.69. The summed E-state index contributed by atoms with van der Waals surface area (Å²) in [6, 6.07) is 3.81. The Balaban J connectivity index is 2.11. The zero-order chi connectivity index (χ0) is 11.4. The van der Waals surface area contributed by atoms with Crippen molar-refractivity contribution in [3.05, 3.63) is 57.2 Å². The largest absolute Gasteiger partial charge is 0.377 e. The van der Waals surface area contributed by atoms with Crippen molar-refractivity contribution in [2.75, 3.05) is 5.32 Å². The first kappa shape index (κ1) is 10.9. The molecule has 2 aromatic heterocycles. The summed E-state index contributed by atoms with van der Waals surface area (Å²) < 4.78 is 0.517. The molecule has 0 atom stereocenters. The molecule has 0 aliphatic carbocycles. The monoisotopic (exact) mass is 279 g/mol. The average molecular weight is 280 g/mol. The van der Waals surface area contributed by atoms with Crippen molar-refractivity contribution in [2.45, 2.75) is 6.54 Å². The van der Waals surface area contributed by atoms with E-state index in [9.17, 15) is 4.79 Å². The molecule has 0 radical (unpaired) electrons. The minimum absolute atomic E-state index is 0.0531. The van der Waals surface area contributed by atoms with Crippen molar-refractivity contribution in [1.29, 1.82) is 0 Å². The fourth-order valence-electron chi connectivity index (χ4n) is 1.29. The number of nitrogens with one attached hydrogen (secondary N) is 2. The molecule has 0 aliphatic rings. The van der Waals surface area contributed by atoms with Crippen LogP contribution in [0, 0.1) is 0 Å². The van der Waals surface area contributed by atoms with Gasteiger partial charge in [-0.05, 0) is 27.6 Å². The number of aromatic nitrogens is 2. The molecule has 82 valence electrons. The molecular formula is C11H10BrN3O. The summed E-state index contributed by atoms with van der Waals surface area (Å²) in [4.78, 5) is 18.5. The van der Waals surface area contributed by atoms with Gasteiger partial charge in [-0.2, -0.15) is 0 Å². The number of halogens is 1. The van der Waals surface area contributed by atoms with Crippen molar-refractivity contribution in [1.82, 2.24) is 9.97 Å². The van der Waals surface area contributed by atoms with E-state index in [0.717, 1.165) is 5.56 Å². The van der Waals surface area contributed by atoms with Crippen LogP contribution in [0.3, 0.4) is 0 Å². The van der Waals surface area contributed by atoms with Gasteiger partial charge < -0.3 is 10.3 Å². The Bertz CT molecular complexity index is 524. The molecule has 0 saturated carbocycles. The van der Waals surface area contributed by atoms with Gasteiger partial charge in [0.1, 0.15) is 0 Å². The highest BCUT2D eigenvalue weighted by Crippen LogP contribution is 2.07. The summed E-state index contributed by atoms with van der Waals surface area (Å²) in [6.45, 7) is 0.577. The smallest absolute Gasteiger partial charge is 0.218 e. The van der Waals surface area contributed by atoms with Gasteiger partial charge in [-0.25, -0.2) is 0 Å². The SMILES string of the molecule is O=c1c(Br)c[nH]cc1NCc1cccnc1. The summed E-state index contributed by atoms with van der Waals surface area (Å²) in [5.41, 5.74) is 1.52. The van der Waals surface area contributed by atoms with Crippen molar-refractivity contribution < 1.29 is 0 Å². The van der Waals surface area contributed by atoms with E-state index in [4.69, 9.17) is 0 Å². The fourth-order valence-corrected chi connectivity index (χ4v) is 1.63. The number of aromatic amines is 1. The Labute approximate surface area is 101 Å². The van der Waals surface area contributed by atoms with Crippen molar-refractivity contribution in [3.63, 3.8) is 0 Å². The molecule has 0 aromatic carbocycles. The number of rotatable bonds is 3. The van der Waals surface area contributed by atoms with Crippen LogP contribution in [-0.4, -0.2) is 9.97 Å². The Hall–Kier alpha value is -1.62. The maximum absolute atomic E-state index is 11.6. The molecule has 0 aliphatic heterocycles. The summed E-state index contributed by atoms with van der Waals surface area (Å²) >= 11 is 3.18. The van der Waals surface area contributed by atoms with E-state index in [2.05, 4.69) is 31.2 Å². The second-order valence-electron chi connectivity index (χ2n) is 3.26. The van der Waals surface area contributed by atoms with E-state index in [-0.39, 0.29) is 5.43 Å². The molecule has 0 spiro atoms. The van der Waals surface area contributed by atoms with Crippen LogP contribution in [-0.2, 0) is 6.54 Å². The molecule has 4 nitrogen and oxygen atoms in total. The molecule has 16 heavy (non-hydrogen) atoms. The van der Waals surface area contributed by atoms with Crippen LogP contribution in [0.4, 0.5) is 5.69 Å². The van der Waals surface area contributed by atoms with Crippen LogP contribution < -0.4 is 10.7 Å². The second-order valence-corrected chi connectivity index (χ2v) is 4.12. The summed E-state index contributed by atoms with van der Waals surface area (Å²) in [6.07, 6.45) is 6.73. The lowest BCUT2D eigenvalue weighted by molar-refractivity contribution is 1.10. The Morgan fingerprint density at radius 2 is 2.31 bits per heavy atom. The highest BCUT2D eigenvalue weighted by atomic mass is 79.9. The minimum atomic E-state index is -0.0531. The molecule has 2 rings (SSSR count). The van der Waals surface area contributed by atoms with Gasteiger partial charge in [-0.3, -0.25) is 9.78 Å². The van der Waals surface area contributed by atoms with Gasteiger partial charge in [0, 0.05) is 31.3 Å². The molecule has 0 unspecified atom stereocenters. The van der Waals surface area contributed by atoms with E-state index in [1.165, 1.54) is 0 Å². The van der Waals surface area contributed by atoms with Crippen molar-refractivity contribution in [3.8, 4) is 0 Å². The molecule has 0 bridgehead atoms. The lowest BCUT2D eigenvalue weighted by Crippen LogP contribution is -2.12. The van der Waals surface area contributed by atoms with E-state index in [1.54, 1.807) is 24.8 Å². The molecular weight excluding hydrogens is 270 g/mol. The van der Waals surface area contributed by atoms with Gasteiger partial charge in [0.05, 0.1) is 10.2 Å². The number of hydrogen-bond donors (Lipinski definition) is 2. The Kier molecular flexibility index (Phi) is 3.36. The molecule has 0 saturated heterocycles. The maximum atomic E-state index is 11.6. The van der Waals surface area contributed by atoms with Gasteiger partial charge in [0.15, 0.2) is 0 Å². The zero-order valence-electron chi connectivity index (χ0n) is 8.40. The topological polar surface area (TPSA) is 57.8 Å². The summed E-state index contributed by atoms with van der Waals surface area (Å²) in [7, 11) is 0. The Morgan fingerprint density at radius 1 is 1.44 bits per heavy atom. The second kappa shape index (κ2) is 4.94. The molecule has 0 amide bonds. The quantitative estimate of drug-likeness (QED) is 0.905. The van der Waals surface area contributed by atoms with E-state index >= 15 is 0 Å². The lowest BCUT2D eigenvalue weighted by Gasteiger charge is -2.05. The maximum Gasteiger partial charge on any atom is 0.218 e. The van der Waals surface area contributed by atoms with Gasteiger partial charge in [0.25, 0.3) is 0 Å². The molecule has 5 heteroatoms. The number of nitrogens with zero attached hydrogens (tertiary/aromatic N) is 1. The van der Waals surface area contributed by atoms with Crippen LogP contribution in [0.2, 0.25) is 0 Å². The average Bonchev–Trinajstić information content (AvgIpc) is 2.32. The first-order chi connectivity index (χ1) is 7.77. The van der Waals surface area contributed by atoms with E-state index < -0.39 is 0 Å². The van der Waals surface area contributed by atoms with Crippen molar-refractivity contribution in [2.24, 2.45) is 0 Å². The first-order valence-corrected chi connectivity index (χ1v) is 5.56. The van der Waals surface area contributed by atoms with Gasteiger partial charge in [-0.15, -0.1) is 0 Å². The number of anilines is 1. The zero-order valence-corrected chi connectivity index (χ0v) is 9.99. The molecule has 2 heterocycles. The van der Waals surface area contributed by atoms with Crippen LogP contribution >= 0.6 is 15.9 Å². The Morgan fingerprint density at radius 3 is 3.06 bits per heavy atom. The van der Waals surface area contributed by atoms with Gasteiger partial charge in [-0.1, -0.05) is 6.07 Å². The highest BCUT2D eigenvalue weighted by Gasteiger charge is 2.01. The number of H-pyrrole nitrogens is 1. The summed E-state index contributed by atoms with van der Waals surface area (Å²) in [5, 5.41) is 3.06. The predicted molar refractivity (Wildman–Crippen MR) is 66.3 cm³/mol. The van der Waals surface area contributed by atoms with Crippen molar-refractivity contribution >= 4 is 21.6 Å². The number of hydrogen-bond acceptors (Lipinski definition) is 3. The predicted octanol–water partition coefficient (Wildman–Crippen LogP) is 2.14. The third-order valence-electron chi connectivity index (χ3n) is 2.11. The van der Waals surface area contributed by atoms with Crippen LogP contribution in [0.15, 0.2) is 46.2 Å². The first-order valence-electron chi connectivity index (χ1n) is 4.77. The molecule has 2 aromatic rings. The fraction of sp³-hybridized carbons (Fsp3) is 0.0909. The lowest BCUT2D eigenvalue weighted by atomic mass is 10.3. The van der Waals surface area contributed by atoms with Crippen LogP contribution in [0.25, 0.3) is 0 Å². The standard InChI is InChI=1S/C11H10BrN3O/c12-9-6-14-7-10(11(9)16)15-5-8-2-1-3-13-4-8/h1-4,6-7,15H,5H2,(H,14,16). The summed E-state index contributed by atoms with van der Waals surface area (Å²) in [5.74, 6) is 0. The van der Waals surface area contributed by atoms with Gasteiger partial charge >= 0.3 is 0 Å². The van der Waals surface area contributed by atoms with E-state index in [1.807, 2.05) is 12.1 Å².